The van der Waals surface area contributed by atoms with E-state index in [1.165, 1.54) is 11.6 Å². The number of anilines is 1. The number of carbonyl (C=O) groups excluding carboxylic acids is 1. The topological polar surface area (TPSA) is 32.8 Å². The number of piperidine rings is 1. The van der Waals surface area contributed by atoms with Crippen LogP contribution in [-0.2, 0) is 16.0 Å². The molecule has 0 aromatic heterocycles. The number of hydrogen-bond donors (Lipinski definition) is 0. The van der Waals surface area contributed by atoms with E-state index in [4.69, 9.17) is 4.74 Å². The molecule has 0 bridgehead atoms. The van der Waals surface area contributed by atoms with Crippen LogP contribution in [0.15, 0.2) is 54.6 Å². The number of benzene rings is 2. The Morgan fingerprint density at radius 2 is 1.90 bits per heavy atom. The van der Waals surface area contributed by atoms with Gasteiger partial charge in [-0.1, -0.05) is 36.4 Å². The van der Waals surface area contributed by atoms with Gasteiger partial charge >= 0.3 is 0 Å². The molecule has 154 valence electrons. The van der Waals surface area contributed by atoms with Gasteiger partial charge in [0.1, 0.15) is 5.82 Å². The number of hydrogen-bond acceptors (Lipinski definition) is 3. The molecule has 0 saturated carbocycles. The normalized spacial score (nSPS) is 20.6. The monoisotopic (exact) mass is 396 g/mol. The van der Waals surface area contributed by atoms with Crippen molar-refractivity contribution >= 4 is 11.6 Å². The molecule has 2 aromatic rings. The Kier molecular flexibility index (Phi) is 5.86. The first kappa shape index (κ1) is 19.9. The van der Waals surface area contributed by atoms with E-state index in [0.717, 1.165) is 51.0 Å². The minimum atomic E-state index is -0.218. The molecule has 29 heavy (non-hydrogen) atoms. The van der Waals surface area contributed by atoms with Crippen molar-refractivity contribution in [1.29, 1.82) is 0 Å². The molecular formula is C24H29FN2O2. The molecule has 0 N–H and O–H groups in total. The fraction of sp³-hybridized carbons (Fsp3) is 0.458. The minimum absolute atomic E-state index is 0.126. The zero-order valence-corrected chi connectivity index (χ0v) is 17.0. The number of likely N-dealkylation sites (tertiary alicyclic amines) is 1. The smallest absolute Gasteiger partial charge is 0.222 e. The summed E-state index contributed by atoms with van der Waals surface area (Å²) in [6.07, 6.45) is 4.23. The molecule has 2 fully saturated rings. The summed E-state index contributed by atoms with van der Waals surface area (Å²) < 4.78 is 19.5. The van der Waals surface area contributed by atoms with Crippen LogP contribution in [0.2, 0.25) is 0 Å². The van der Waals surface area contributed by atoms with Gasteiger partial charge < -0.3 is 14.5 Å². The van der Waals surface area contributed by atoms with Gasteiger partial charge in [-0.05, 0) is 49.4 Å². The van der Waals surface area contributed by atoms with Gasteiger partial charge in [0.05, 0.1) is 11.6 Å². The lowest BCUT2D eigenvalue weighted by Crippen LogP contribution is -2.74. The number of carbonyl (C=O) groups is 1. The molecule has 2 saturated heterocycles. The number of nitrogens with zero attached hydrogens (tertiary/aromatic N) is 2. The van der Waals surface area contributed by atoms with E-state index >= 15 is 0 Å². The summed E-state index contributed by atoms with van der Waals surface area (Å²) in [6, 6.07) is 17.1. The van der Waals surface area contributed by atoms with E-state index < -0.39 is 0 Å². The van der Waals surface area contributed by atoms with E-state index in [9.17, 15) is 9.18 Å². The molecular weight excluding hydrogens is 367 g/mol. The Hall–Kier alpha value is -2.40. The van der Waals surface area contributed by atoms with Crippen LogP contribution >= 0.6 is 0 Å². The summed E-state index contributed by atoms with van der Waals surface area (Å²) in [5.41, 5.74) is 2.05. The first-order valence-electron chi connectivity index (χ1n) is 10.5. The highest BCUT2D eigenvalue weighted by molar-refractivity contribution is 5.76. The second-order valence-corrected chi connectivity index (χ2v) is 8.14. The molecule has 2 aliphatic rings. The summed E-state index contributed by atoms with van der Waals surface area (Å²) in [4.78, 5) is 16.9. The molecule has 4 rings (SSSR count). The van der Waals surface area contributed by atoms with Crippen LogP contribution in [0.4, 0.5) is 10.1 Å². The van der Waals surface area contributed by atoms with Crippen molar-refractivity contribution in [1.82, 2.24) is 4.90 Å². The van der Waals surface area contributed by atoms with E-state index in [-0.39, 0.29) is 23.4 Å². The van der Waals surface area contributed by atoms with Gasteiger partial charge in [-0.3, -0.25) is 4.79 Å². The zero-order valence-electron chi connectivity index (χ0n) is 17.0. The molecule has 0 radical (unpaired) electrons. The van der Waals surface area contributed by atoms with Crippen LogP contribution in [0.1, 0.15) is 31.2 Å². The largest absolute Gasteiger partial charge is 0.377 e. The van der Waals surface area contributed by atoms with Gasteiger partial charge in [-0.15, -0.1) is 0 Å². The van der Waals surface area contributed by atoms with Gasteiger partial charge in [0.2, 0.25) is 5.91 Å². The molecule has 2 heterocycles. The van der Waals surface area contributed by atoms with Crippen LogP contribution in [-0.4, -0.2) is 49.2 Å². The Morgan fingerprint density at radius 3 is 2.59 bits per heavy atom. The fourth-order valence-electron chi connectivity index (χ4n) is 4.86. The highest BCUT2D eigenvalue weighted by atomic mass is 19.1. The maximum Gasteiger partial charge on any atom is 0.222 e. The van der Waals surface area contributed by atoms with Crippen LogP contribution in [0.5, 0.6) is 0 Å². The average molecular weight is 397 g/mol. The van der Waals surface area contributed by atoms with E-state index in [1.807, 2.05) is 29.2 Å². The minimum Gasteiger partial charge on any atom is -0.377 e. The number of halogens is 1. The molecule has 4 nitrogen and oxygen atoms in total. The molecule has 1 unspecified atom stereocenters. The van der Waals surface area contributed by atoms with Gasteiger partial charge in [0, 0.05) is 38.9 Å². The lowest BCUT2D eigenvalue weighted by Gasteiger charge is -2.61. The summed E-state index contributed by atoms with van der Waals surface area (Å²) in [5, 5.41) is 0. The summed E-state index contributed by atoms with van der Waals surface area (Å²) in [6.45, 7) is 2.23. The number of amides is 1. The van der Waals surface area contributed by atoms with Crippen molar-refractivity contribution in [2.24, 2.45) is 0 Å². The molecule has 0 aliphatic carbocycles. The lowest BCUT2D eigenvalue weighted by atomic mass is 9.73. The summed E-state index contributed by atoms with van der Waals surface area (Å²) in [5.74, 6) is 0.0194. The second kappa shape index (κ2) is 8.54. The number of methoxy groups -OCH3 is 1. The zero-order chi connectivity index (χ0) is 20.3. The third kappa shape index (κ3) is 4.01. The molecule has 2 aromatic carbocycles. The Labute approximate surface area is 172 Å². The SMILES string of the molecule is COC1CN(c2cccc(F)c2)C12CCN(C(=O)CCCc1ccccc1)CC2. The van der Waals surface area contributed by atoms with Crippen molar-refractivity contribution in [3.8, 4) is 0 Å². The molecule has 2 aliphatic heterocycles. The van der Waals surface area contributed by atoms with Gasteiger partial charge in [0.15, 0.2) is 0 Å². The van der Waals surface area contributed by atoms with E-state index in [1.54, 1.807) is 19.2 Å². The van der Waals surface area contributed by atoms with Gasteiger partial charge in [0.25, 0.3) is 0 Å². The Bertz CT molecular complexity index is 834. The standard InChI is InChI=1S/C24H29FN2O2/c1-29-22-18-27(21-11-6-10-20(25)17-21)24(22)13-15-26(16-14-24)23(28)12-5-9-19-7-3-2-4-8-19/h2-4,6-8,10-11,17,22H,5,9,12-16,18H2,1H3. The highest BCUT2D eigenvalue weighted by Gasteiger charge is 2.55. The fourth-order valence-corrected chi connectivity index (χ4v) is 4.86. The molecule has 1 amide bonds. The summed E-state index contributed by atoms with van der Waals surface area (Å²) >= 11 is 0. The van der Waals surface area contributed by atoms with Gasteiger partial charge in [-0.2, -0.15) is 0 Å². The van der Waals surface area contributed by atoms with Gasteiger partial charge in [-0.25, -0.2) is 4.39 Å². The predicted molar refractivity (Wildman–Crippen MR) is 112 cm³/mol. The number of ether oxygens (including phenoxy) is 1. The highest BCUT2D eigenvalue weighted by Crippen LogP contribution is 2.44. The number of aryl methyl sites for hydroxylation is 1. The summed E-state index contributed by atoms with van der Waals surface area (Å²) in [7, 11) is 1.75. The maximum atomic E-state index is 13.7. The quantitative estimate of drug-likeness (QED) is 0.739. The van der Waals surface area contributed by atoms with Crippen molar-refractivity contribution < 1.29 is 13.9 Å². The second-order valence-electron chi connectivity index (χ2n) is 8.14. The van der Waals surface area contributed by atoms with Crippen LogP contribution in [0.3, 0.4) is 0 Å². The van der Waals surface area contributed by atoms with Crippen molar-refractivity contribution in [3.63, 3.8) is 0 Å². The van der Waals surface area contributed by atoms with Crippen molar-refractivity contribution in [3.05, 3.63) is 66.0 Å². The van der Waals surface area contributed by atoms with E-state index in [0.29, 0.717) is 6.42 Å². The van der Waals surface area contributed by atoms with E-state index in [2.05, 4.69) is 17.0 Å². The predicted octanol–water partition coefficient (Wildman–Crippen LogP) is 4.04. The Morgan fingerprint density at radius 1 is 1.14 bits per heavy atom. The van der Waals surface area contributed by atoms with Crippen molar-refractivity contribution in [2.45, 2.75) is 43.7 Å². The van der Waals surface area contributed by atoms with Crippen LogP contribution in [0, 0.1) is 5.82 Å². The maximum absolute atomic E-state index is 13.7. The van der Waals surface area contributed by atoms with Crippen LogP contribution < -0.4 is 4.90 Å². The lowest BCUT2D eigenvalue weighted by molar-refractivity contribution is -0.135. The average Bonchev–Trinajstić information content (AvgIpc) is 2.74. The van der Waals surface area contributed by atoms with Crippen LogP contribution in [0.25, 0.3) is 0 Å². The molecule has 1 spiro atoms. The Balaban J connectivity index is 1.33. The van der Waals surface area contributed by atoms with Crippen molar-refractivity contribution in [2.75, 3.05) is 31.6 Å². The first-order chi connectivity index (χ1) is 14.1. The number of rotatable bonds is 6. The molecule has 5 heteroatoms. The third-order valence-electron chi connectivity index (χ3n) is 6.57. The third-order valence-corrected chi connectivity index (χ3v) is 6.57. The first-order valence-corrected chi connectivity index (χ1v) is 10.5. The molecule has 1 atom stereocenters.